The van der Waals surface area contributed by atoms with Gasteiger partial charge in [-0.25, -0.2) is 9.78 Å². The van der Waals surface area contributed by atoms with Crippen molar-refractivity contribution in [1.82, 2.24) is 25.9 Å². The number of nitrogens with two attached hydrogens (primary N) is 2. The van der Waals surface area contributed by atoms with Crippen LogP contribution in [0.3, 0.4) is 0 Å². The van der Waals surface area contributed by atoms with E-state index in [4.69, 9.17) is 11.5 Å². The fourth-order valence-corrected chi connectivity index (χ4v) is 3.63. The molecule has 0 aliphatic rings. The fraction of sp³-hybridized carbons (Fsp3) is 0.650. The maximum Gasteiger partial charge on any atom is 0.326 e. The molecule has 14 heteroatoms. The lowest BCUT2D eigenvalue weighted by Gasteiger charge is -2.25. The smallest absolute Gasteiger partial charge is 0.326 e. The zero-order chi connectivity index (χ0) is 25.5. The summed E-state index contributed by atoms with van der Waals surface area (Å²) in [6.07, 6.45) is 6.49. The molecule has 0 radical (unpaired) electrons. The Morgan fingerprint density at radius 2 is 1.71 bits per heavy atom. The van der Waals surface area contributed by atoms with Crippen LogP contribution < -0.4 is 27.4 Å². The molecule has 4 atom stereocenters. The zero-order valence-electron chi connectivity index (χ0n) is 19.2. The van der Waals surface area contributed by atoms with E-state index in [1.54, 1.807) is 0 Å². The number of unbranched alkanes of at least 4 members (excludes halogenated alkanes) is 1. The zero-order valence-corrected chi connectivity index (χ0v) is 20.9. The number of rotatable bonds is 17. The summed E-state index contributed by atoms with van der Waals surface area (Å²) in [5, 5.41) is 17.3. The molecule has 12 nitrogen and oxygen atoms in total. The largest absolute Gasteiger partial charge is 0.480 e. The third kappa shape index (κ3) is 10.8. The van der Waals surface area contributed by atoms with Crippen molar-refractivity contribution in [2.24, 2.45) is 11.5 Å². The molecule has 9 N–H and O–H groups in total. The first-order valence-electron chi connectivity index (χ1n) is 10.9. The van der Waals surface area contributed by atoms with Crippen molar-refractivity contribution in [3.05, 3.63) is 18.2 Å². The van der Waals surface area contributed by atoms with Crippen LogP contribution in [0.25, 0.3) is 0 Å². The van der Waals surface area contributed by atoms with Crippen LogP contribution in [0.1, 0.15) is 31.4 Å². The summed E-state index contributed by atoms with van der Waals surface area (Å²) < 4.78 is 0. The van der Waals surface area contributed by atoms with Crippen molar-refractivity contribution in [1.29, 1.82) is 0 Å². The number of carboxylic acid groups (broad SMARTS) is 1. The normalized spacial score (nSPS) is 14.5. The molecule has 0 saturated carbocycles. The van der Waals surface area contributed by atoms with E-state index in [9.17, 15) is 24.3 Å². The van der Waals surface area contributed by atoms with E-state index in [-0.39, 0.29) is 18.6 Å². The molecule has 1 aromatic rings. The van der Waals surface area contributed by atoms with Gasteiger partial charge in [-0.3, -0.25) is 14.4 Å². The van der Waals surface area contributed by atoms with Crippen LogP contribution in [0.2, 0.25) is 0 Å². The molecule has 1 rings (SSSR count). The van der Waals surface area contributed by atoms with Crippen LogP contribution in [-0.2, 0) is 25.6 Å². The Balaban J connectivity index is 2.94. The number of H-pyrrole nitrogens is 1. The Morgan fingerprint density at radius 3 is 2.24 bits per heavy atom. The number of thiol groups is 1. The Hall–Kier alpha value is -2.29. The van der Waals surface area contributed by atoms with E-state index in [0.717, 1.165) is 0 Å². The van der Waals surface area contributed by atoms with Gasteiger partial charge in [-0.1, -0.05) is 0 Å². The number of imidazole rings is 1. The van der Waals surface area contributed by atoms with Crippen molar-refractivity contribution >= 4 is 48.1 Å². The molecule has 0 aliphatic carbocycles. The molecular formula is C20H35N7O5S2. The quantitative estimate of drug-likeness (QED) is 0.0905. The number of carboxylic acids is 1. The van der Waals surface area contributed by atoms with Crippen molar-refractivity contribution in [3.8, 4) is 0 Å². The van der Waals surface area contributed by atoms with E-state index in [2.05, 4.69) is 38.5 Å². The summed E-state index contributed by atoms with van der Waals surface area (Å²) in [7, 11) is 0. The van der Waals surface area contributed by atoms with Gasteiger partial charge in [0, 0.05) is 24.1 Å². The van der Waals surface area contributed by atoms with Crippen LogP contribution in [-0.4, -0.2) is 87.2 Å². The average Bonchev–Trinajstić information content (AvgIpc) is 3.32. The molecule has 3 amide bonds. The lowest BCUT2D eigenvalue weighted by atomic mass is 10.1. The highest BCUT2D eigenvalue weighted by atomic mass is 32.2. The number of aromatic nitrogens is 2. The Labute approximate surface area is 208 Å². The van der Waals surface area contributed by atoms with Gasteiger partial charge in [0.1, 0.15) is 18.1 Å². The van der Waals surface area contributed by atoms with Crippen LogP contribution in [0, 0.1) is 0 Å². The standard InChI is InChI=1S/C20H35N7O5S2/c1-34-7-5-15(25-17(28)13(22)10-33)19(30)26-14(4-2-3-6-21)18(29)27-16(20(31)32)8-12-9-23-11-24-12/h9,11,13-16,33H,2-8,10,21-22H2,1H3,(H,23,24)(H,25,28)(H,26,30)(H,27,29)(H,31,32). The maximum absolute atomic E-state index is 13.0. The molecule has 0 saturated heterocycles. The minimum absolute atomic E-state index is 0.00143. The number of amides is 3. The van der Waals surface area contributed by atoms with Gasteiger partial charge < -0.3 is 37.5 Å². The third-order valence-electron chi connectivity index (χ3n) is 4.95. The van der Waals surface area contributed by atoms with Gasteiger partial charge in [0.2, 0.25) is 17.7 Å². The first-order chi connectivity index (χ1) is 16.2. The second kappa shape index (κ2) is 16.4. The number of nitrogens with zero attached hydrogens (tertiary/aromatic N) is 1. The van der Waals surface area contributed by atoms with Crippen LogP contribution in [0.4, 0.5) is 0 Å². The molecule has 1 aromatic heterocycles. The molecule has 4 unspecified atom stereocenters. The minimum atomic E-state index is -1.22. The van der Waals surface area contributed by atoms with Crippen LogP contribution in [0.5, 0.6) is 0 Å². The predicted octanol–water partition coefficient (Wildman–Crippen LogP) is -1.37. The molecule has 1 heterocycles. The molecule has 0 bridgehead atoms. The molecule has 0 spiro atoms. The SMILES string of the molecule is CSCCC(NC(=O)C(N)CS)C(=O)NC(CCCCN)C(=O)NC(Cc1cnc[nH]1)C(=O)O. The average molecular weight is 518 g/mol. The van der Waals surface area contributed by atoms with Gasteiger partial charge in [0.05, 0.1) is 12.4 Å². The maximum atomic E-state index is 13.0. The summed E-state index contributed by atoms with van der Waals surface area (Å²) in [5.74, 6) is -2.24. The van der Waals surface area contributed by atoms with E-state index < -0.39 is 47.9 Å². The Bertz CT molecular complexity index is 781. The number of nitrogens with one attached hydrogen (secondary N) is 4. The van der Waals surface area contributed by atoms with Crippen LogP contribution >= 0.6 is 24.4 Å². The predicted molar refractivity (Wildman–Crippen MR) is 133 cm³/mol. The second-order valence-electron chi connectivity index (χ2n) is 7.66. The Morgan fingerprint density at radius 1 is 1.09 bits per heavy atom. The highest BCUT2D eigenvalue weighted by Crippen LogP contribution is 2.07. The van der Waals surface area contributed by atoms with Gasteiger partial charge >= 0.3 is 5.97 Å². The molecule has 0 aliphatic heterocycles. The number of aliphatic carboxylic acids is 1. The number of aromatic amines is 1. The van der Waals surface area contributed by atoms with Crippen molar-refractivity contribution in [2.75, 3.05) is 24.3 Å². The van der Waals surface area contributed by atoms with Gasteiger partial charge in [0.25, 0.3) is 0 Å². The van der Waals surface area contributed by atoms with Gasteiger partial charge in [-0.15, -0.1) is 0 Å². The number of carbonyl (C=O) groups is 4. The molecule has 34 heavy (non-hydrogen) atoms. The van der Waals surface area contributed by atoms with Gasteiger partial charge in [-0.2, -0.15) is 24.4 Å². The van der Waals surface area contributed by atoms with E-state index >= 15 is 0 Å². The minimum Gasteiger partial charge on any atom is -0.480 e. The van der Waals surface area contributed by atoms with Crippen molar-refractivity contribution in [2.45, 2.75) is 56.3 Å². The van der Waals surface area contributed by atoms with Gasteiger partial charge in [-0.05, 0) is 44.2 Å². The first-order valence-corrected chi connectivity index (χ1v) is 12.9. The number of thioether (sulfide) groups is 1. The highest BCUT2D eigenvalue weighted by Gasteiger charge is 2.30. The van der Waals surface area contributed by atoms with Crippen LogP contribution in [0.15, 0.2) is 12.5 Å². The number of carbonyl (C=O) groups excluding carboxylic acids is 3. The summed E-state index contributed by atoms with van der Waals surface area (Å²) in [4.78, 5) is 56.5. The van der Waals surface area contributed by atoms with E-state index in [0.29, 0.717) is 37.3 Å². The second-order valence-corrected chi connectivity index (χ2v) is 9.01. The lowest BCUT2D eigenvalue weighted by Crippen LogP contribution is -2.57. The molecule has 192 valence electrons. The first kappa shape index (κ1) is 29.7. The summed E-state index contributed by atoms with van der Waals surface area (Å²) in [5.41, 5.74) is 11.8. The number of hydrogen-bond acceptors (Lipinski definition) is 9. The van der Waals surface area contributed by atoms with Crippen molar-refractivity contribution < 1.29 is 24.3 Å². The van der Waals surface area contributed by atoms with Gasteiger partial charge in [0.15, 0.2) is 0 Å². The number of hydrogen-bond donors (Lipinski definition) is 8. The Kier molecular flexibility index (Phi) is 14.3. The highest BCUT2D eigenvalue weighted by molar-refractivity contribution is 7.98. The third-order valence-corrected chi connectivity index (χ3v) is 5.99. The van der Waals surface area contributed by atoms with Crippen molar-refractivity contribution in [3.63, 3.8) is 0 Å². The fourth-order valence-electron chi connectivity index (χ4n) is 2.99. The van der Waals surface area contributed by atoms with E-state index in [1.807, 2.05) is 6.26 Å². The summed E-state index contributed by atoms with van der Waals surface area (Å²) in [6, 6.07) is -4.01. The molecule has 0 fully saturated rings. The monoisotopic (exact) mass is 517 g/mol. The molecule has 0 aromatic carbocycles. The summed E-state index contributed by atoms with van der Waals surface area (Å²) >= 11 is 5.50. The summed E-state index contributed by atoms with van der Waals surface area (Å²) in [6.45, 7) is 0.411. The topological polar surface area (TPSA) is 205 Å². The molecular weight excluding hydrogens is 482 g/mol. The lowest BCUT2D eigenvalue weighted by molar-refractivity contribution is -0.142. The van der Waals surface area contributed by atoms with E-state index in [1.165, 1.54) is 24.3 Å².